The number of aromatic carboxylic acids is 1. The molecule has 7 heteroatoms. The minimum absolute atomic E-state index is 0.126. The van der Waals surface area contributed by atoms with Gasteiger partial charge in [-0.1, -0.05) is 0 Å². The van der Waals surface area contributed by atoms with Gasteiger partial charge in [0.1, 0.15) is 5.69 Å². The number of amides is 2. The summed E-state index contributed by atoms with van der Waals surface area (Å²) in [5.41, 5.74) is -0.335. The number of hydrogen-bond acceptors (Lipinski definition) is 4. The molecule has 0 saturated heterocycles. The number of carbonyl (C=O) groups is 3. The van der Waals surface area contributed by atoms with Crippen molar-refractivity contribution in [3.8, 4) is 0 Å². The second-order valence-corrected chi connectivity index (χ2v) is 3.98. The van der Waals surface area contributed by atoms with Crippen LogP contribution in [0, 0.1) is 0 Å². The Morgan fingerprint density at radius 1 is 1.35 bits per heavy atom. The predicted octanol–water partition coefficient (Wildman–Crippen LogP) is 0.378. The van der Waals surface area contributed by atoms with E-state index in [1.807, 2.05) is 0 Å². The Kier molecular flexibility index (Phi) is 5.64. The molecule has 0 radical (unpaired) electrons. The maximum Gasteiger partial charge on any atom is 0.338 e. The van der Waals surface area contributed by atoms with Crippen LogP contribution in [0.1, 0.15) is 34.7 Å². The van der Waals surface area contributed by atoms with Crippen molar-refractivity contribution in [3.63, 3.8) is 0 Å². The van der Waals surface area contributed by atoms with Crippen LogP contribution in [0.4, 0.5) is 0 Å². The van der Waals surface area contributed by atoms with Crippen molar-refractivity contribution in [1.29, 1.82) is 0 Å². The summed E-state index contributed by atoms with van der Waals surface area (Å²) in [4.78, 5) is 39.9. The smallest absolute Gasteiger partial charge is 0.338 e. The van der Waals surface area contributed by atoms with Crippen LogP contribution in [0.3, 0.4) is 0 Å². The SMILES string of the molecule is CCNC(=O)CN(CC)C(=O)c1ncccc1C(=O)O. The average Bonchev–Trinajstić information content (AvgIpc) is 2.44. The second-order valence-electron chi connectivity index (χ2n) is 3.98. The molecule has 1 aromatic rings. The van der Waals surface area contributed by atoms with Gasteiger partial charge in [0.15, 0.2) is 0 Å². The van der Waals surface area contributed by atoms with Gasteiger partial charge < -0.3 is 15.3 Å². The Balaban J connectivity index is 2.97. The highest BCUT2D eigenvalue weighted by atomic mass is 16.4. The molecule has 0 aliphatic heterocycles. The zero-order valence-electron chi connectivity index (χ0n) is 11.4. The normalized spacial score (nSPS) is 9.90. The zero-order chi connectivity index (χ0) is 15.1. The third-order valence-corrected chi connectivity index (χ3v) is 2.62. The molecule has 0 bridgehead atoms. The van der Waals surface area contributed by atoms with E-state index in [0.29, 0.717) is 6.54 Å². The van der Waals surface area contributed by atoms with Gasteiger partial charge in [-0.25, -0.2) is 4.79 Å². The lowest BCUT2D eigenvalue weighted by atomic mass is 10.1. The number of hydrogen-bond donors (Lipinski definition) is 2. The molecule has 0 fully saturated rings. The van der Waals surface area contributed by atoms with Crippen LogP contribution < -0.4 is 5.32 Å². The first kappa shape index (κ1) is 15.6. The van der Waals surface area contributed by atoms with E-state index < -0.39 is 11.9 Å². The Bertz CT molecular complexity index is 516. The van der Waals surface area contributed by atoms with E-state index >= 15 is 0 Å². The topological polar surface area (TPSA) is 99.6 Å². The van der Waals surface area contributed by atoms with Crippen molar-refractivity contribution in [2.45, 2.75) is 13.8 Å². The molecule has 7 nitrogen and oxygen atoms in total. The first-order valence-corrected chi connectivity index (χ1v) is 6.25. The summed E-state index contributed by atoms with van der Waals surface area (Å²) < 4.78 is 0. The van der Waals surface area contributed by atoms with Crippen molar-refractivity contribution in [2.75, 3.05) is 19.6 Å². The summed E-state index contributed by atoms with van der Waals surface area (Å²) in [7, 11) is 0. The van der Waals surface area contributed by atoms with Gasteiger partial charge in [-0.15, -0.1) is 0 Å². The van der Waals surface area contributed by atoms with Crippen molar-refractivity contribution >= 4 is 17.8 Å². The summed E-state index contributed by atoms with van der Waals surface area (Å²) in [5, 5.41) is 11.6. The van der Waals surface area contributed by atoms with Crippen LogP contribution in [-0.4, -0.2) is 52.4 Å². The number of aromatic nitrogens is 1. The fourth-order valence-corrected chi connectivity index (χ4v) is 1.65. The van der Waals surface area contributed by atoms with Crippen molar-refractivity contribution < 1.29 is 19.5 Å². The van der Waals surface area contributed by atoms with Crippen molar-refractivity contribution in [2.24, 2.45) is 0 Å². The van der Waals surface area contributed by atoms with Gasteiger partial charge in [0.25, 0.3) is 5.91 Å². The largest absolute Gasteiger partial charge is 0.478 e. The van der Waals surface area contributed by atoms with Crippen LogP contribution in [0.25, 0.3) is 0 Å². The quantitative estimate of drug-likeness (QED) is 0.784. The molecular weight excluding hydrogens is 262 g/mol. The molecule has 108 valence electrons. The molecule has 1 rings (SSSR count). The zero-order valence-corrected chi connectivity index (χ0v) is 11.4. The van der Waals surface area contributed by atoms with Crippen LogP contribution in [0.5, 0.6) is 0 Å². The van der Waals surface area contributed by atoms with Crippen molar-refractivity contribution in [3.05, 3.63) is 29.6 Å². The number of pyridine rings is 1. The third kappa shape index (κ3) is 3.78. The molecule has 0 saturated carbocycles. The van der Waals surface area contributed by atoms with Crippen LogP contribution in [-0.2, 0) is 4.79 Å². The van der Waals surface area contributed by atoms with Gasteiger partial charge in [-0.3, -0.25) is 14.6 Å². The molecule has 2 N–H and O–H groups in total. The van der Waals surface area contributed by atoms with E-state index in [4.69, 9.17) is 5.11 Å². The van der Waals surface area contributed by atoms with Gasteiger partial charge in [-0.2, -0.15) is 0 Å². The Morgan fingerprint density at radius 3 is 2.60 bits per heavy atom. The predicted molar refractivity (Wildman–Crippen MR) is 71.5 cm³/mol. The number of nitrogens with zero attached hydrogens (tertiary/aromatic N) is 2. The maximum absolute atomic E-state index is 12.3. The third-order valence-electron chi connectivity index (χ3n) is 2.62. The van der Waals surface area contributed by atoms with Gasteiger partial charge >= 0.3 is 5.97 Å². The summed E-state index contributed by atoms with van der Waals surface area (Å²) in [6.45, 7) is 4.11. The second kappa shape index (κ2) is 7.22. The summed E-state index contributed by atoms with van der Waals surface area (Å²) in [5.74, 6) is -2.09. The van der Waals surface area contributed by atoms with E-state index in [1.165, 1.54) is 23.2 Å². The van der Waals surface area contributed by atoms with E-state index in [2.05, 4.69) is 10.3 Å². The lowest BCUT2D eigenvalue weighted by molar-refractivity contribution is -0.121. The van der Waals surface area contributed by atoms with Gasteiger partial charge in [-0.05, 0) is 26.0 Å². The van der Waals surface area contributed by atoms with Gasteiger partial charge in [0.2, 0.25) is 5.91 Å². The monoisotopic (exact) mass is 279 g/mol. The first-order chi connectivity index (χ1) is 9.51. The number of carboxylic acids is 1. The minimum atomic E-state index is -1.23. The highest BCUT2D eigenvalue weighted by molar-refractivity contribution is 6.04. The van der Waals surface area contributed by atoms with E-state index in [9.17, 15) is 14.4 Å². The van der Waals surface area contributed by atoms with Gasteiger partial charge in [0.05, 0.1) is 12.1 Å². The Morgan fingerprint density at radius 2 is 2.05 bits per heavy atom. The molecule has 2 amide bonds. The minimum Gasteiger partial charge on any atom is -0.478 e. The van der Waals surface area contributed by atoms with Crippen LogP contribution in [0.2, 0.25) is 0 Å². The molecule has 0 aliphatic rings. The van der Waals surface area contributed by atoms with Gasteiger partial charge in [0, 0.05) is 19.3 Å². The lowest BCUT2D eigenvalue weighted by Gasteiger charge is -2.20. The number of carboxylic acid groups (broad SMARTS) is 1. The summed E-state index contributed by atoms with van der Waals surface area (Å²) in [6, 6.07) is 2.75. The number of likely N-dealkylation sites (N-methyl/N-ethyl adjacent to an activating group) is 2. The molecule has 20 heavy (non-hydrogen) atoms. The Hall–Kier alpha value is -2.44. The fraction of sp³-hybridized carbons (Fsp3) is 0.385. The molecule has 0 atom stereocenters. The molecule has 0 aromatic carbocycles. The lowest BCUT2D eigenvalue weighted by Crippen LogP contribution is -2.41. The fourth-order valence-electron chi connectivity index (χ4n) is 1.65. The molecular formula is C13H17N3O4. The van der Waals surface area contributed by atoms with Crippen molar-refractivity contribution in [1.82, 2.24) is 15.2 Å². The highest BCUT2D eigenvalue weighted by Crippen LogP contribution is 2.09. The molecule has 1 aromatic heterocycles. The molecule has 0 unspecified atom stereocenters. The summed E-state index contributed by atoms with van der Waals surface area (Å²) in [6.07, 6.45) is 1.35. The van der Waals surface area contributed by atoms with Crippen LogP contribution >= 0.6 is 0 Å². The average molecular weight is 279 g/mol. The van der Waals surface area contributed by atoms with E-state index in [1.54, 1.807) is 13.8 Å². The highest BCUT2D eigenvalue weighted by Gasteiger charge is 2.23. The molecule has 1 heterocycles. The number of carbonyl (C=O) groups excluding carboxylic acids is 2. The number of rotatable bonds is 6. The van der Waals surface area contributed by atoms with E-state index in [0.717, 1.165) is 0 Å². The van der Waals surface area contributed by atoms with Crippen LogP contribution in [0.15, 0.2) is 18.3 Å². The summed E-state index contributed by atoms with van der Waals surface area (Å²) >= 11 is 0. The molecule has 0 spiro atoms. The molecule has 0 aliphatic carbocycles. The number of nitrogens with one attached hydrogen (secondary N) is 1. The standard InChI is InChI=1S/C13H17N3O4/c1-3-14-10(17)8-16(4-2)12(18)11-9(13(19)20)6-5-7-15-11/h5-7H,3-4,8H2,1-2H3,(H,14,17)(H,19,20). The Labute approximate surface area is 116 Å². The maximum atomic E-state index is 12.3. The first-order valence-electron chi connectivity index (χ1n) is 6.25. The van der Waals surface area contributed by atoms with E-state index in [-0.39, 0.29) is 30.3 Å².